The van der Waals surface area contributed by atoms with Crippen molar-refractivity contribution in [3.05, 3.63) is 40.9 Å². The second-order valence-electron chi connectivity index (χ2n) is 8.16. The van der Waals surface area contributed by atoms with Crippen molar-refractivity contribution in [3.63, 3.8) is 0 Å². The highest BCUT2D eigenvalue weighted by atomic mass is 32.1. The molecule has 0 radical (unpaired) electrons. The molecule has 2 aliphatic rings. The summed E-state index contributed by atoms with van der Waals surface area (Å²) in [5, 5.41) is 2.69. The number of hydrogen-bond donors (Lipinski definition) is 0. The van der Waals surface area contributed by atoms with Gasteiger partial charge in [0.15, 0.2) is 0 Å². The summed E-state index contributed by atoms with van der Waals surface area (Å²) in [4.78, 5) is 21.6. The van der Waals surface area contributed by atoms with Gasteiger partial charge >= 0.3 is 6.18 Å². The van der Waals surface area contributed by atoms with Gasteiger partial charge in [-0.05, 0) is 25.0 Å². The lowest BCUT2D eigenvalue weighted by atomic mass is 9.88. The van der Waals surface area contributed by atoms with Gasteiger partial charge in [0, 0.05) is 49.6 Å². The summed E-state index contributed by atoms with van der Waals surface area (Å²) in [6.45, 7) is 3.86. The summed E-state index contributed by atoms with van der Waals surface area (Å²) in [6.07, 6.45) is 1.32. The maximum Gasteiger partial charge on any atom is 0.416 e. The Morgan fingerprint density at radius 3 is 2.33 bits per heavy atom. The maximum atomic E-state index is 12.7. The number of benzene rings is 1. The van der Waals surface area contributed by atoms with Gasteiger partial charge in [0.05, 0.1) is 11.3 Å². The van der Waals surface area contributed by atoms with Gasteiger partial charge < -0.3 is 4.90 Å². The first kappa shape index (κ1) is 21.3. The zero-order chi connectivity index (χ0) is 21.1. The standard InChI is InChI=1S/C22H26F3N3OS/c23-22(24,25)18-8-6-16(7-9-18)20-26-19(15-30-20)14-27-10-12-28(13-11-27)21(29)17-4-2-1-3-5-17/h6-9,15,17H,1-5,10-14H2. The molecule has 1 saturated heterocycles. The number of halogens is 3. The number of aromatic nitrogens is 1. The first-order valence-corrected chi connectivity index (χ1v) is 11.4. The van der Waals surface area contributed by atoms with E-state index in [4.69, 9.17) is 0 Å². The smallest absolute Gasteiger partial charge is 0.340 e. The molecule has 2 fully saturated rings. The van der Waals surface area contributed by atoms with E-state index in [2.05, 4.69) is 9.88 Å². The summed E-state index contributed by atoms with van der Waals surface area (Å²) in [6, 6.07) is 5.14. The first-order valence-electron chi connectivity index (χ1n) is 10.5. The van der Waals surface area contributed by atoms with E-state index in [-0.39, 0.29) is 5.92 Å². The molecule has 0 atom stereocenters. The summed E-state index contributed by atoms with van der Waals surface area (Å²) < 4.78 is 38.2. The van der Waals surface area contributed by atoms with Gasteiger partial charge in [0.25, 0.3) is 0 Å². The quantitative estimate of drug-likeness (QED) is 0.671. The molecule has 1 saturated carbocycles. The van der Waals surface area contributed by atoms with E-state index >= 15 is 0 Å². The molecule has 0 spiro atoms. The van der Waals surface area contributed by atoms with E-state index in [0.717, 1.165) is 61.9 Å². The molecule has 1 aliphatic carbocycles. The fourth-order valence-corrected chi connectivity index (χ4v) is 5.09. The lowest BCUT2D eigenvalue weighted by molar-refractivity contribution is -0.138. The number of hydrogen-bond acceptors (Lipinski definition) is 4. The Morgan fingerprint density at radius 1 is 1.03 bits per heavy atom. The molecule has 1 aliphatic heterocycles. The minimum absolute atomic E-state index is 0.218. The number of carbonyl (C=O) groups is 1. The van der Waals surface area contributed by atoms with Gasteiger partial charge in [0.2, 0.25) is 5.91 Å². The molecule has 8 heteroatoms. The highest BCUT2D eigenvalue weighted by Crippen LogP contribution is 2.32. The average Bonchev–Trinajstić information content (AvgIpc) is 3.22. The van der Waals surface area contributed by atoms with E-state index in [1.165, 1.54) is 42.7 Å². The molecule has 4 nitrogen and oxygen atoms in total. The van der Waals surface area contributed by atoms with E-state index in [9.17, 15) is 18.0 Å². The van der Waals surface area contributed by atoms with Crippen molar-refractivity contribution >= 4 is 17.2 Å². The van der Waals surface area contributed by atoms with Crippen LogP contribution in [0.1, 0.15) is 43.4 Å². The zero-order valence-corrected chi connectivity index (χ0v) is 17.6. The van der Waals surface area contributed by atoms with Crippen molar-refractivity contribution in [3.8, 4) is 10.6 Å². The monoisotopic (exact) mass is 437 g/mol. The van der Waals surface area contributed by atoms with Gasteiger partial charge in [-0.25, -0.2) is 4.98 Å². The van der Waals surface area contributed by atoms with E-state index in [1.54, 1.807) is 0 Å². The largest absolute Gasteiger partial charge is 0.416 e. The summed E-state index contributed by atoms with van der Waals surface area (Å²) in [5.74, 6) is 0.544. The molecule has 1 aromatic heterocycles. The Balaban J connectivity index is 1.30. The Hall–Kier alpha value is -1.93. The fourth-order valence-electron chi connectivity index (χ4n) is 4.28. The number of alkyl halides is 3. The number of nitrogens with zero attached hydrogens (tertiary/aromatic N) is 3. The van der Waals surface area contributed by atoms with Crippen molar-refractivity contribution in [1.29, 1.82) is 0 Å². The van der Waals surface area contributed by atoms with Crippen molar-refractivity contribution in [1.82, 2.24) is 14.8 Å². The molecule has 1 aromatic carbocycles. The minimum atomic E-state index is -4.33. The van der Waals surface area contributed by atoms with Crippen LogP contribution >= 0.6 is 11.3 Å². The van der Waals surface area contributed by atoms with Crippen LogP contribution in [0.3, 0.4) is 0 Å². The predicted octanol–water partition coefficient (Wildman–Crippen LogP) is 5.05. The first-order chi connectivity index (χ1) is 14.4. The third-order valence-electron chi connectivity index (χ3n) is 6.03. The lowest BCUT2D eigenvalue weighted by Gasteiger charge is -2.36. The molecule has 0 unspecified atom stereocenters. The van der Waals surface area contributed by atoms with Crippen LogP contribution in [-0.2, 0) is 17.5 Å². The summed E-state index contributed by atoms with van der Waals surface area (Å²) in [7, 11) is 0. The molecule has 2 aromatic rings. The van der Waals surface area contributed by atoms with Crippen molar-refractivity contribution in [2.24, 2.45) is 5.92 Å². The Morgan fingerprint density at radius 2 is 1.70 bits per heavy atom. The molecule has 0 N–H and O–H groups in total. The average molecular weight is 438 g/mol. The van der Waals surface area contributed by atoms with Crippen molar-refractivity contribution in [2.45, 2.75) is 44.8 Å². The fraction of sp³-hybridized carbons (Fsp3) is 0.545. The van der Waals surface area contributed by atoms with Gasteiger partial charge in [-0.2, -0.15) is 13.2 Å². The molecular formula is C22H26F3N3OS. The Labute approximate surface area is 178 Å². The van der Waals surface area contributed by atoms with Crippen LogP contribution in [0, 0.1) is 5.92 Å². The van der Waals surface area contributed by atoms with Crippen LogP contribution in [-0.4, -0.2) is 46.9 Å². The van der Waals surface area contributed by atoms with Crippen molar-refractivity contribution in [2.75, 3.05) is 26.2 Å². The lowest BCUT2D eigenvalue weighted by Crippen LogP contribution is -2.50. The van der Waals surface area contributed by atoms with Crippen LogP contribution in [0.25, 0.3) is 10.6 Å². The number of carbonyl (C=O) groups excluding carboxylic acids is 1. The van der Waals surface area contributed by atoms with Gasteiger partial charge in [0.1, 0.15) is 5.01 Å². The highest BCUT2D eigenvalue weighted by Gasteiger charge is 2.30. The maximum absolute atomic E-state index is 12.7. The van der Waals surface area contributed by atoms with Crippen LogP contribution in [0.5, 0.6) is 0 Å². The van der Waals surface area contributed by atoms with Crippen LogP contribution in [0.2, 0.25) is 0 Å². The van der Waals surface area contributed by atoms with Crippen LogP contribution in [0.15, 0.2) is 29.6 Å². The Bertz CT molecular complexity index is 851. The van der Waals surface area contributed by atoms with E-state index in [0.29, 0.717) is 18.0 Å². The normalized spacial score (nSPS) is 19.2. The SMILES string of the molecule is O=C(C1CCCCC1)N1CCN(Cc2csc(-c3ccc(C(F)(F)F)cc3)n2)CC1. The molecule has 1 amide bonds. The third kappa shape index (κ3) is 5.03. The number of rotatable bonds is 4. The summed E-state index contributed by atoms with van der Waals surface area (Å²) >= 11 is 1.45. The van der Waals surface area contributed by atoms with Gasteiger partial charge in [-0.1, -0.05) is 31.4 Å². The second kappa shape index (κ2) is 9.06. The number of amides is 1. The minimum Gasteiger partial charge on any atom is -0.340 e. The molecule has 0 bridgehead atoms. The third-order valence-corrected chi connectivity index (χ3v) is 6.98. The van der Waals surface area contributed by atoms with Gasteiger partial charge in [-0.15, -0.1) is 11.3 Å². The van der Waals surface area contributed by atoms with E-state index in [1.807, 2.05) is 10.3 Å². The Kier molecular flexibility index (Phi) is 6.43. The molecule has 2 heterocycles. The zero-order valence-electron chi connectivity index (χ0n) is 16.8. The predicted molar refractivity (Wildman–Crippen MR) is 111 cm³/mol. The van der Waals surface area contributed by atoms with E-state index < -0.39 is 11.7 Å². The van der Waals surface area contributed by atoms with Gasteiger partial charge in [-0.3, -0.25) is 9.69 Å². The summed E-state index contributed by atoms with van der Waals surface area (Å²) in [5.41, 5.74) is 0.966. The molecule has 30 heavy (non-hydrogen) atoms. The number of piperazine rings is 1. The molecule has 162 valence electrons. The van der Waals surface area contributed by atoms with Crippen LogP contribution in [0.4, 0.5) is 13.2 Å². The second-order valence-corrected chi connectivity index (χ2v) is 9.01. The van der Waals surface area contributed by atoms with Crippen LogP contribution < -0.4 is 0 Å². The highest BCUT2D eigenvalue weighted by molar-refractivity contribution is 7.13. The molecule has 4 rings (SSSR count). The van der Waals surface area contributed by atoms with Crippen molar-refractivity contribution < 1.29 is 18.0 Å². The molecular weight excluding hydrogens is 411 g/mol. The topological polar surface area (TPSA) is 36.4 Å². The number of thiazole rings is 1.